The van der Waals surface area contributed by atoms with E-state index in [9.17, 15) is 0 Å². The molecule has 0 aliphatic heterocycles. The zero-order valence-electron chi connectivity index (χ0n) is 12.4. The van der Waals surface area contributed by atoms with Gasteiger partial charge in [-0.3, -0.25) is 0 Å². The summed E-state index contributed by atoms with van der Waals surface area (Å²) in [6.45, 7) is 1.83. The third-order valence-corrected chi connectivity index (χ3v) is 3.35. The predicted octanol–water partition coefficient (Wildman–Crippen LogP) is 2.11. The van der Waals surface area contributed by atoms with Crippen LogP contribution in [0.1, 0.15) is 5.56 Å². The maximum atomic E-state index is 6.30. The Morgan fingerprint density at radius 2 is 1.90 bits per heavy atom. The molecule has 0 heterocycles. The molecule has 20 heavy (non-hydrogen) atoms. The molecule has 1 atom stereocenters. The number of hydrogen-bond donors (Lipinski definition) is 1. The van der Waals surface area contributed by atoms with E-state index in [2.05, 4.69) is 5.32 Å². The molecular formula is C14H22ClNO4. The molecule has 1 aromatic carbocycles. The standard InChI is InChI=1S/C14H22ClNO4/c1-17-9-11(18-2)8-16-7-10-5-6-12(19-3)14(20-4)13(10)15/h5-6,11,16H,7-9H2,1-4H3. The number of nitrogens with one attached hydrogen (secondary N) is 1. The highest BCUT2D eigenvalue weighted by molar-refractivity contribution is 6.33. The van der Waals surface area contributed by atoms with Gasteiger partial charge in [-0.05, 0) is 11.6 Å². The summed E-state index contributed by atoms with van der Waals surface area (Å²) < 4.78 is 20.8. The number of methoxy groups -OCH3 is 4. The molecule has 6 heteroatoms. The van der Waals surface area contributed by atoms with Gasteiger partial charge in [0.2, 0.25) is 0 Å². The van der Waals surface area contributed by atoms with E-state index >= 15 is 0 Å². The lowest BCUT2D eigenvalue weighted by molar-refractivity contribution is 0.0288. The molecule has 1 unspecified atom stereocenters. The van der Waals surface area contributed by atoms with Crippen LogP contribution in [0.25, 0.3) is 0 Å². The van der Waals surface area contributed by atoms with Gasteiger partial charge in [0, 0.05) is 27.3 Å². The molecule has 0 fully saturated rings. The number of rotatable bonds is 9. The van der Waals surface area contributed by atoms with Crippen molar-refractivity contribution in [1.82, 2.24) is 5.32 Å². The zero-order chi connectivity index (χ0) is 15.0. The maximum Gasteiger partial charge on any atom is 0.179 e. The van der Waals surface area contributed by atoms with E-state index < -0.39 is 0 Å². The van der Waals surface area contributed by atoms with E-state index in [1.165, 1.54) is 0 Å². The molecule has 0 saturated heterocycles. The molecule has 0 aliphatic rings. The Labute approximate surface area is 125 Å². The molecule has 1 N–H and O–H groups in total. The molecule has 0 bridgehead atoms. The summed E-state index contributed by atoms with van der Waals surface area (Å²) >= 11 is 6.30. The number of halogens is 1. The average Bonchev–Trinajstić information content (AvgIpc) is 2.47. The topological polar surface area (TPSA) is 49.0 Å². The number of hydrogen-bond acceptors (Lipinski definition) is 5. The van der Waals surface area contributed by atoms with Gasteiger partial charge in [0.15, 0.2) is 11.5 Å². The third kappa shape index (κ3) is 4.52. The van der Waals surface area contributed by atoms with Gasteiger partial charge < -0.3 is 24.3 Å². The molecule has 0 aliphatic carbocycles. The van der Waals surface area contributed by atoms with Crippen molar-refractivity contribution in [1.29, 1.82) is 0 Å². The highest BCUT2D eigenvalue weighted by atomic mass is 35.5. The SMILES string of the molecule is COCC(CNCc1ccc(OC)c(OC)c1Cl)OC. The van der Waals surface area contributed by atoms with E-state index in [0.29, 0.717) is 36.2 Å². The van der Waals surface area contributed by atoms with Crippen LogP contribution in [0.4, 0.5) is 0 Å². The summed E-state index contributed by atoms with van der Waals surface area (Å²) in [4.78, 5) is 0. The normalized spacial score (nSPS) is 12.2. The molecule has 0 aromatic heterocycles. The Kier molecular flexibility index (Phi) is 7.69. The lowest BCUT2D eigenvalue weighted by Crippen LogP contribution is -2.31. The minimum Gasteiger partial charge on any atom is -0.493 e. The monoisotopic (exact) mass is 303 g/mol. The minimum absolute atomic E-state index is 0.0129. The van der Waals surface area contributed by atoms with Crippen LogP contribution in [-0.4, -0.2) is 47.7 Å². The van der Waals surface area contributed by atoms with Crippen molar-refractivity contribution in [3.8, 4) is 11.5 Å². The fourth-order valence-electron chi connectivity index (χ4n) is 1.83. The highest BCUT2D eigenvalue weighted by Crippen LogP contribution is 2.37. The molecular weight excluding hydrogens is 282 g/mol. The van der Waals surface area contributed by atoms with E-state index in [1.54, 1.807) is 28.4 Å². The van der Waals surface area contributed by atoms with E-state index in [1.807, 2.05) is 12.1 Å². The predicted molar refractivity (Wildman–Crippen MR) is 78.9 cm³/mol. The summed E-state index contributed by atoms with van der Waals surface area (Å²) in [5.41, 5.74) is 0.941. The number of ether oxygens (including phenoxy) is 4. The Morgan fingerprint density at radius 1 is 1.15 bits per heavy atom. The van der Waals surface area contributed by atoms with Crippen LogP contribution in [0, 0.1) is 0 Å². The first-order chi connectivity index (χ1) is 9.67. The third-order valence-electron chi connectivity index (χ3n) is 2.94. The van der Waals surface area contributed by atoms with Gasteiger partial charge in [-0.1, -0.05) is 17.7 Å². The van der Waals surface area contributed by atoms with E-state index in [-0.39, 0.29) is 6.10 Å². The Hall–Kier alpha value is -1.01. The van der Waals surface area contributed by atoms with Crippen LogP contribution in [0.5, 0.6) is 11.5 Å². The summed E-state index contributed by atoms with van der Waals surface area (Å²) in [5, 5.41) is 3.84. The Bertz CT molecular complexity index is 414. The Balaban J connectivity index is 2.64. The van der Waals surface area contributed by atoms with Crippen LogP contribution >= 0.6 is 11.6 Å². The molecule has 1 rings (SSSR count). The smallest absolute Gasteiger partial charge is 0.179 e. The first kappa shape index (κ1) is 17.0. The van der Waals surface area contributed by atoms with Gasteiger partial charge in [-0.2, -0.15) is 0 Å². The quantitative estimate of drug-likeness (QED) is 0.757. The van der Waals surface area contributed by atoms with Crippen LogP contribution in [0.2, 0.25) is 5.02 Å². The maximum absolute atomic E-state index is 6.30. The van der Waals surface area contributed by atoms with Crippen molar-refractivity contribution in [3.63, 3.8) is 0 Å². The molecule has 1 aromatic rings. The first-order valence-corrected chi connectivity index (χ1v) is 6.67. The second-order valence-electron chi connectivity index (χ2n) is 4.22. The van der Waals surface area contributed by atoms with Crippen LogP contribution in [0.15, 0.2) is 12.1 Å². The average molecular weight is 304 g/mol. The number of benzene rings is 1. The van der Waals surface area contributed by atoms with Crippen molar-refractivity contribution in [3.05, 3.63) is 22.7 Å². The molecule has 0 amide bonds. The molecule has 5 nitrogen and oxygen atoms in total. The summed E-state index contributed by atoms with van der Waals surface area (Å²) in [7, 11) is 6.46. The Morgan fingerprint density at radius 3 is 2.45 bits per heavy atom. The van der Waals surface area contributed by atoms with Gasteiger partial charge in [-0.15, -0.1) is 0 Å². The first-order valence-electron chi connectivity index (χ1n) is 6.29. The van der Waals surface area contributed by atoms with Crippen LogP contribution < -0.4 is 14.8 Å². The lowest BCUT2D eigenvalue weighted by atomic mass is 10.2. The van der Waals surface area contributed by atoms with Crippen molar-refractivity contribution in [2.45, 2.75) is 12.6 Å². The minimum atomic E-state index is 0.0129. The van der Waals surface area contributed by atoms with Gasteiger partial charge in [0.1, 0.15) is 0 Å². The fraction of sp³-hybridized carbons (Fsp3) is 0.571. The van der Waals surface area contributed by atoms with Crippen molar-refractivity contribution in [2.75, 3.05) is 41.6 Å². The highest BCUT2D eigenvalue weighted by Gasteiger charge is 2.13. The van der Waals surface area contributed by atoms with Crippen LogP contribution in [-0.2, 0) is 16.0 Å². The second-order valence-corrected chi connectivity index (χ2v) is 4.60. The van der Waals surface area contributed by atoms with Crippen molar-refractivity contribution < 1.29 is 18.9 Å². The second kappa shape index (κ2) is 9.02. The van der Waals surface area contributed by atoms with E-state index in [4.69, 9.17) is 30.5 Å². The molecule has 0 spiro atoms. The van der Waals surface area contributed by atoms with Crippen LogP contribution in [0.3, 0.4) is 0 Å². The zero-order valence-corrected chi connectivity index (χ0v) is 13.1. The molecule has 0 saturated carbocycles. The largest absolute Gasteiger partial charge is 0.493 e. The van der Waals surface area contributed by atoms with Gasteiger partial charge in [-0.25, -0.2) is 0 Å². The fourth-order valence-corrected chi connectivity index (χ4v) is 2.13. The lowest BCUT2D eigenvalue weighted by Gasteiger charge is -2.16. The van der Waals surface area contributed by atoms with Gasteiger partial charge >= 0.3 is 0 Å². The summed E-state index contributed by atoms with van der Waals surface area (Å²) in [6, 6.07) is 3.75. The van der Waals surface area contributed by atoms with Crippen molar-refractivity contribution >= 4 is 11.6 Å². The summed E-state index contributed by atoms with van der Waals surface area (Å²) in [5.74, 6) is 1.17. The van der Waals surface area contributed by atoms with Gasteiger partial charge in [0.25, 0.3) is 0 Å². The molecule has 114 valence electrons. The van der Waals surface area contributed by atoms with Crippen molar-refractivity contribution in [2.24, 2.45) is 0 Å². The summed E-state index contributed by atoms with van der Waals surface area (Å²) in [6.07, 6.45) is 0.0129. The van der Waals surface area contributed by atoms with E-state index in [0.717, 1.165) is 5.56 Å². The van der Waals surface area contributed by atoms with Gasteiger partial charge in [0.05, 0.1) is 32.0 Å². The molecule has 0 radical (unpaired) electrons.